The molecule has 0 bridgehead atoms. The highest BCUT2D eigenvalue weighted by Crippen LogP contribution is 2.39. The molecule has 0 unspecified atom stereocenters. The van der Waals surface area contributed by atoms with Gasteiger partial charge in [-0.05, 0) is 40.6 Å². The van der Waals surface area contributed by atoms with Crippen LogP contribution in [0.4, 0.5) is 4.39 Å². The molecule has 2 aromatic rings. The van der Waals surface area contributed by atoms with Crippen molar-refractivity contribution in [1.82, 2.24) is 14.7 Å². The molecule has 2 saturated heterocycles. The van der Waals surface area contributed by atoms with Crippen LogP contribution in [-0.2, 0) is 4.79 Å². The predicted octanol–water partition coefficient (Wildman–Crippen LogP) is 2.92. The molecule has 2 amide bonds. The molecule has 2 fully saturated rings. The molecule has 0 saturated carbocycles. The molecule has 4 rings (SSSR count). The monoisotopic (exact) mass is 419 g/mol. The Morgan fingerprint density at radius 3 is 2.68 bits per heavy atom. The van der Waals surface area contributed by atoms with Crippen LogP contribution in [0.2, 0.25) is 0 Å². The predicted molar refractivity (Wildman–Crippen MR) is 110 cm³/mol. The van der Waals surface area contributed by atoms with Crippen LogP contribution in [0.3, 0.4) is 0 Å². The minimum Gasteiger partial charge on any atom is -0.336 e. The molecular formula is C20H22FN3O2S2. The first-order valence-electron chi connectivity index (χ1n) is 9.32. The first kappa shape index (κ1) is 19.4. The summed E-state index contributed by atoms with van der Waals surface area (Å²) in [5, 5.41) is 4.28. The minimum absolute atomic E-state index is 0.120. The van der Waals surface area contributed by atoms with Crippen LogP contribution in [0.15, 0.2) is 41.1 Å². The van der Waals surface area contributed by atoms with Crippen LogP contribution in [-0.4, -0.2) is 71.5 Å². The van der Waals surface area contributed by atoms with E-state index in [2.05, 4.69) is 16.3 Å². The lowest BCUT2D eigenvalue weighted by Crippen LogP contribution is -2.50. The second-order valence-electron chi connectivity index (χ2n) is 6.95. The van der Waals surface area contributed by atoms with Crippen LogP contribution < -0.4 is 0 Å². The normalized spacial score (nSPS) is 20.8. The number of rotatable bonds is 5. The fourth-order valence-electron chi connectivity index (χ4n) is 3.62. The van der Waals surface area contributed by atoms with Crippen molar-refractivity contribution >= 4 is 34.9 Å². The van der Waals surface area contributed by atoms with Crippen molar-refractivity contribution in [3.8, 4) is 0 Å². The van der Waals surface area contributed by atoms with Crippen LogP contribution in [0.1, 0.15) is 21.3 Å². The largest absolute Gasteiger partial charge is 0.336 e. The highest BCUT2D eigenvalue weighted by atomic mass is 32.2. The third kappa shape index (κ3) is 4.24. The molecule has 1 aromatic heterocycles. The third-order valence-electron chi connectivity index (χ3n) is 5.18. The number of benzene rings is 1. The summed E-state index contributed by atoms with van der Waals surface area (Å²) in [6, 6.07) is 7.93. The van der Waals surface area contributed by atoms with Crippen molar-refractivity contribution in [2.75, 3.05) is 45.0 Å². The SMILES string of the molecule is O=C(c1cccc(F)c1)N1CCN(CCN2C(=O)CS[C@H]2c2ccsc2)CC1. The molecule has 28 heavy (non-hydrogen) atoms. The summed E-state index contributed by atoms with van der Waals surface area (Å²) in [4.78, 5) is 30.8. The van der Waals surface area contributed by atoms with Gasteiger partial charge in [0.25, 0.3) is 5.91 Å². The lowest BCUT2D eigenvalue weighted by Gasteiger charge is -2.36. The molecule has 1 atom stereocenters. The number of amides is 2. The molecule has 0 N–H and O–H groups in total. The fourth-order valence-corrected chi connectivity index (χ4v) is 5.59. The second-order valence-corrected chi connectivity index (χ2v) is 8.80. The van der Waals surface area contributed by atoms with Crippen LogP contribution in [0.5, 0.6) is 0 Å². The number of piperazine rings is 1. The van der Waals surface area contributed by atoms with Crippen molar-refractivity contribution in [1.29, 1.82) is 0 Å². The Morgan fingerprint density at radius 1 is 1.14 bits per heavy atom. The van der Waals surface area contributed by atoms with Crippen molar-refractivity contribution < 1.29 is 14.0 Å². The molecule has 0 spiro atoms. The molecule has 5 nitrogen and oxygen atoms in total. The highest BCUT2D eigenvalue weighted by Gasteiger charge is 2.33. The number of nitrogens with zero attached hydrogens (tertiary/aromatic N) is 3. The van der Waals surface area contributed by atoms with E-state index < -0.39 is 5.82 Å². The summed E-state index contributed by atoms with van der Waals surface area (Å²) in [5.74, 6) is 0.220. The summed E-state index contributed by atoms with van der Waals surface area (Å²) in [5.41, 5.74) is 1.60. The number of carbonyl (C=O) groups is 2. The van der Waals surface area contributed by atoms with Gasteiger partial charge >= 0.3 is 0 Å². The Labute approximate surface area is 172 Å². The molecule has 0 aliphatic carbocycles. The van der Waals surface area contributed by atoms with Gasteiger partial charge in [-0.2, -0.15) is 11.3 Å². The van der Waals surface area contributed by atoms with E-state index in [-0.39, 0.29) is 17.2 Å². The molecule has 0 radical (unpaired) electrons. The first-order valence-corrected chi connectivity index (χ1v) is 11.3. The van der Waals surface area contributed by atoms with Gasteiger partial charge in [0.15, 0.2) is 0 Å². The summed E-state index contributed by atoms with van der Waals surface area (Å²) in [7, 11) is 0. The van der Waals surface area contributed by atoms with Crippen LogP contribution in [0, 0.1) is 5.82 Å². The van der Waals surface area contributed by atoms with E-state index in [1.54, 1.807) is 40.1 Å². The van der Waals surface area contributed by atoms with Crippen LogP contribution >= 0.6 is 23.1 Å². The summed E-state index contributed by atoms with van der Waals surface area (Å²) >= 11 is 3.34. The van der Waals surface area contributed by atoms with Gasteiger partial charge in [0, 0.05) is 44.8 Å². The summed E-state index contributed by atoms with van der Waals surface area (Å²) in [6.45, 7) is 4.26. The van der Waals surface area contributed by atoms with Gasteiger partial charge < -0.3 is 9.80 Å². The highest BCUT2D eigenvalue weighted by molar-refractivity contribution is 8.00. The topological polar surface area (TPSA) is 43.9 Å². The maximum absolute atomic E-state index is 13.4. The van der Waals surface area contributed by atoms with Gasteiger partial charge in [-0.1, -0.05) is 6.07 Å². The van der Waals surface area contributed by atoms with Crippen molar-refractivity contribution in [2.45, 2.75) is 5.37 Å². The molecule has 148 valence electrons. The maximum Gasteiger partial charge on any atom is 0.254 e. The van der Waals surface area contributed by atoms with Gasteiger partial charge in [-0.15, -0.1) is 11.8 Å². The van der Waals surface area contributed by atoms with Gasteiger partial charge in [-0.3, -0.25) is 14.5 Å². The third-order valence-corrected chi connectivity index (χ3v) is 7.14. The zero-order valence-corrected chi connectivity index (χ0v) is 17.1. The maximum atomic E-state index is 13.4. The van der Waals surface area contributed by atoms with Gasteiger partial charge in [0.05, 0.1) is 5.75 Å². The molecule has 2 aliphatic rings. The van der Waals surface area contributed by atoms with Crippen molar-refractivity contribution in [2.24, 2.45) is 0 Å². The number of hydrogen-bond donors (Lipinski definition) is 0. The number of thiophene rings is 1. The fraction of sp³-hybridized carbons (Fsp3) is 0.400. The van der Waals surface area contributed by atoms with E-state index in [1.807, 2.05) is 10.3 Å². The Bertz CT molecular complexity index is 838. The van der Waals surface area contributed by atoms with E-state index in [9.17, 15) is 14.0 Å². The summed E-state index contributed by atoms with van der Waals surface area (Å²) < 4.78 is 13.4. The van der Waals surface area contributed by atoms with E-state index >= 15 is 0 Å². The number of hydrogen-bond acceptors (Lipinski definition) is 5. The molecule has 8 heteroatoms. The van der Waals surface area contributed by atoms with E-state index in [0.717, 1.165) is 19.6 Å². The van der Waals surface area contributed by atoms with Gasteiger partial charge in [0.1, 0.15) is 11.2 Å². The lowest BCUT2D eigenvalue weighted by molar-refractivity contribution is -0.128. The smallest absolute Gasteiger partial charge is 0.254 e. The quantitative estimate of drug-likeness (QED) is 0.748. The summed E-state index contributed by atoms with van der Waals surface area (Å²) in [6.07, 6.45) is 0. The Morgan fingerprint density at radius 2 is 1.96 bits per heavy atom. The van der Waals surface area contributed by atoms with Gasteiger partial charge in [-0.25, -0.2) is 4.39 Å². The van der Waals surface area contributed by atoms with Gasteiger partial charge in [0.2, 0.25) is 5.91 Å². The van der Waals surface area contributed by atoms with E-state index in [4.69, 9.17) is 0 Å². The first-order chi connectivity index (χ1) is 13.6. The number of carbonyl (C=O) groups excluding carboxylic acids is 2. The van der Waals surface area contributed by atoms with Crippen molar-refractivity contribution in [3.63, 3.8) is 0 Å². The Balaban J connectivity index is 1.29. The lowest BCUT2D eigenvalue weighted by atomic mass is 10.1. The average Bonchev–Trinajstić information content (AvgIpc) is 3.36. The Kier molecular flexibility index (Phi) is 5.99. The molecule has 2 aliphatic heterocycles. The number of thioether (sulfide) groups is 1. The second kappa shape index (κ2) is 8.63. The van der Waals surface area contributed by atoms with Crippen LogP contribution in [0.25, 0.3) is 0 Å². The van der Waals surface area contributed by atoms with E-state index in [0.29, 0.717) is 31.0 Å². The minimum atomic E-state index is -0.391. The molecular weight excluding hydrogens is 397 g/mol. The average molecular weight is 420 g/mol. The Hall–Kier alpha value is -1.90. The standard InChI is InChI=1S/C20H22FN3O2S2/c21-17-3-1-2-15(12-17)19(26)23-8-5-22(6-9-23)7-10-24-18(25)14-28-20(24)16-4-11-27-13-16/h1-4,11-13,20H,5-10,14H2/t20-/m0/s1. The molecule has 3 heterocycles. The zero-order valence-electron chi connectivity index (χ0n) is 15.4. The van der Waals surface area contributed by atoms with Crippen molar-refractivity contribution in [3.05, 3.63) is 58.0 Å². The van der Waals surface area contributed by atoms with E-state index in [1.165, 1.54) is 17.7 Å². The zero-order chi connectivity index (χ0) is 19.5. The molecule has 1 aromatic carbocycles. The number of halogens is 1.